The Morgan fingerprint density at radius 1 is 0.875 bits per heavy atom. The standard InChI is InChI=1S/C33H31N5O2/c1-3-38(4-2)28-20-19-27(29(39)21-28)22-34-37-33(40)26-17-15-25(16-18-26)32-35-30(23-11-7-5-8-12-23)31(36-32)24-13-9-6-10-14-24/h5-22,39H,3-4H2,1-2H3,(H,35,36)(H,37,40). The summed E-state index contributed by atoms with van der Waals surface area (Å²) < 4.78 is 0. The molecule has 0 atom stereocenters. The Morgan fingerprint density at radius 3 is 2.15 bits per heavy atom. The number of aromatic hydroxyl groups is 1. The molecule has 7 heteroatoms. The number of hydrazone groups is 1. The molecule has 0 saturated carbocycles. The monoisotopic (exact) mass is 529 g/mol. The van der Waals surface area contributed by atoms with Crippen molar-refractivity contribution in [1.82, 2.24) is 15.4 Å². The zero-order valence-corrected chi connectivity index (χ0v) is 22.5. The van der Waals surface area contributed by atoms with Crippen LogP contribution in [0.2, 0.25) is 0 Å². The van der Waals surface area contributed by atoms with Crippen LogP contribution in [0.3, 0.4) is 0 Å². The topological polar surface area (TPSA) is 93.6 Å². The van der Waals surface area contributed by atoms with E-state index in [-0.39, 0.29) is 11.7 Å². The molecule has 5 aromatic rings. The summed E-state index contributed by atoms with van der Waals surface area (Å²) >= 11 is 0. The van der Waals surface area contributed by atoms with Gasteiger partial charge in [0.2, 0.25) is 0 Å². The number of anilines is 1. The number of phenolic OH excluding ortho intramolecular Hbond substituents is 1. The van der Waals surface area contributed by atoms with Gasteiger partial charge in [-0.2, -0.15) is 5.10 Å². The average molecular weight is 530 g/mol. The molecular formula is C33H31N5O2. The third kappa shape index (κ3) is 5.78. The summed E-state index contributed by atoms with van der Waals surface area (Å²) in [5.74, 6) is 0.470. The Kier molecular flexibility index (Phi) is 8.02. The van der Waals surface area contributed by atoms with Crippen LogP contribution in [0.4, 0.5) is 5.69 Å². The summed E-state index contributed by atoms with van der Waals surface area (Å²) in [6.45, 7) is 5.83. The molecule has 4 aromatic carbocycles. The molecule has 3 N–H and O–H groups in total. The number of phenols is 1. The largest absolute Gasteiger partial charge is 0.507 e. The number of nitrogens with zero attached hydrogens (tertiary/aromatic N) is 3. The maximum Gasteiger partial charge on any atom is 0.271 e. The molecule has 0 unspecified atom stereocenters. The Balaban J connectivity index is 1.31. The quantitative estimate of drug-likeness (QED) is 0.146. The first kappa shape index (κ1) is 26.4. The van der Waals surface area contributed by atoms with E-state index in [4.69, 9.17) is 4.98 Å². The molecule has 0 aliphatic heterocycles. The third-order valence-electron chi connectivity index (χ3n) is 6.75. The van der Waals surface area contributed by atoms with E-state index < -0.39 is 0 Å². The number of benzene rings is 4. The summed E-state index contributed by atoms with van der Waals surface area (Å²) in [7, 11) is 0. The van der Waals surface area contributed by atoms with E-state index in [0.717, 1.165) is 46.9 Å². The van der Waals surface area contributed by atoms with Crippen LogP contribution < -0.4 is 10.3 Å². The predicted octanol–water partition coefficient (Wildman–Crippen LogP) is 6.73. The van der Waals surface area contributed by atoms with Gasteiger partial charge in [-0.3, -0.25) is 4.79 Å². The fourth-order valence-corrected chi connectivity index (χ4v) is 4.56. The lowest BCUT2D eigenvalue weighted by atomic mass is 10.1. The van der Waals surface area contributed by atoms with Crippen molar-refractivity contribution in [3.05, 3.63) is 114 Å². The van der Waals surface area contributed by atoms with Gasteiger partial charge >= 0.3 is 0 Å². The molecule has 1 heterocycles. The van der Waals surface area contributed by atoms with E-state index in [1.54, 1.807) is 24.3 Å². The van der Waals surface area contributed by atoms with Crippen LogP contribution in [0, 0.1) is 0 Å². The molecule has 1 aromatic heterocycles. The van der Waals surface area contributed by atoms with E-state index >= 15 is 0 Å². The molecule has 7 nitrogen and oxygen atoms in total. The van der Waals surface area contributed by atoms with Gasteiger partial charge < -0.3 is 15.0 Å². The van der Waals surface area contributed by atoms with Gasteiger partial charge in [-0.1, -0.05) is 72.8 Å². The van der Waals surface area contributed by atoms with Crippen molar-refractivity contribution in [2.24, 2.45) is 5.10 Å². The Morgan fingerprint density at radius 2 is 1.52 bits per heavy atom. The van der Waals surface area contributed by atoms with E-state index in [9.17, 15) is 9.90 Å². The van der Waals surface area contributed by atoms with Crippen molar-refractivity contribution >= 4 is 17.8 Å². The second kappa shape index (κ2) is 12.1. The number of hydrogen-bond acceptors (Lipinski definition) is 5. The van der Waals surface area contributed by atoms with Crippen LogP contribution in [0.25, 0.3) is 33.9 Å². The molecule has 40 heavy (non-hydrogen) atoms. The Hall–Kier alpha value is -5.17. The van der Waals surface area contributed by atoms with Crippen LogP contribution in [0.5, 0.6) is 5.75 Å². The highest BCUT2D eigenvalue weighted by molar-refractivity contribution is 5.95. The van der Waals surface area contributed by atoms with Gasteiger partial charge in [0, 0.05) is 52.7 Å². The van der Waals surface area contributed by atoms with E-state index in [2.05, 4.69) is 46.4 Å². The van der Waals surface area contributed by atoms with Gasteiger partial charge in [0.1, 0.15) is 11.6 Å². The van der Waals surface area contributed by atoms with Crippen molar-refractivity contribution in [1.29, 1.82) is 0 Å². The van der Waals surface area contributed by atoms with Crippen molar-refractivity contribution in [3.63, 3.8) is 0 Å². The molecule has 0 saturated heterocycles. The van der Waals surface area contributed by atoms with Crippen LogP contribution in [-0.4, -0.2) is 40.3 Å². The number of amides is 1. The number of nitrogens with one attached hydrogen (secondary N) is 2. The smallest absolute Gasteiger partial charge is 0.271 e. The maximum atomic E-state index is 12.7. The SMILES string of the molecule is CCN(CC)c1ccc(C=NNC(=O)c2ccc(-c3nc(-c4ccccc4)c(-c4ccccc4)[nH]3)cc2)c(O)c1. The molecule has 0 fully saturated rings. The summed E-state index contributed by atoms with van der Waals surface area (Å²) in [5, 5.41) is 14.4. The summed E-state index contributed by atoms with van der Waals surface area (Å²) in [5.41, 5.74) is 9.18. The molecule has 0 radical (unpaired) electrons. The fraction of sp³-hybridized carbons (Fsp3) is 0.121. The van der Waals surface area contributed by atoms with Crippen LogP contribution in [-0.2, 0) is 0 Å². The second-order valence-electron chi connectivity index (χ2n) is 9.23. The molecule has 0 bridgehead atoms. The lowest BCUT2D eigenvalue weighted by Crippen LogP contribution is -2.21. The number of imidazole rings is 1. The second-order valence-corrected chi connectivity index (χ2v) is 9.23. The Labute approximate surface area is 233 Å². The van der Waals surface area contributed by atoms with Gasteiger partial charge in [0.05, 0.1) is 17.6 Å². The van der Waals surface area contributed by atoms with E-state index in [1.807, 2.05) is 66.7 Å². The number of rotatable bonds is 9. The van der Waals surface area contributed by atoms with Crippen molar-refractivity contribution < 1.29 is 9.90 Å². The van der Waals surface area contributed by atoms with E-state index in [0.29, 0.717) is 17.0 Å². The molecule has 1 amide bonds. The first-order valence-corrected chi connectivity index (χ1v) is 13.3. The number of carbonyl (C=O) groups excluding carboxylic acids is 1. The maximum absolute atomic E-state index is 12.7. The number of hydrogen-bond donors (Lipinski definition) is 3. The van der Waals surface area contributed by atoms with Gasteiger partial charge in [0.15, 0.2) is 0 Å². The highest BCUT2D eigenvalue weighted by atomic mass is 16.3. The normalized spacial score (nSPS) is 11.1. The third-order valence-corrected chi connectivity index (χ3v) is 6.75. The summed E-state index contributed by atoms with van der Waals surface area (Å²) in [4.78, 5) is 23.2. The number of carbonyl (C=O) groups is 1. The molecule has 0 spiro atoms. The molecule has 200 valence electrons. The Bertz CT molecular complexity index is 1550. The highest BCUT2D eigenvalue weighted by Gasteiger charge is 2.15. The number of aromatic amines is 1. The lowest BCUT2D eigenvalue weighted by Gasteiger charge is -2.21. The minimum absolute atomic E-state index is 0.106. The van der Waals surface area contributed by atoms with Gasteiger partial charge in [-0.15, -0.1) is 0 Å². The van der Waals surface area contributed by atoms with Crippen molar-refractivity contribution in [3.8, 4) is 39.7 Å². The zero-order chi connectivity index (χ0) is 27.9. The minimum atomic E-state index is -0.351. The van der Waals surface area contributed by atoms with Crippen LogP contribution in [0.1, 0.15) is 29.8 Å². The molecule has 0 aliphatic carbocycles. The minimum Gasteiger partial charge on any atom is -0.507 e. The van der Waals surface area contributed by atoms with Gasteiger partial charge in [-0.05, 0) is 38.1 Å². The highest BCUT2D eigenvalue weighted by Crippen LogP contribution is 2.33. The van der Waals surface area contributed by atoms with Gasteiger partial charge in [-0.25, -0.2) is 10.4 Å². The molecule has 0 aliphatic rings. The lowest BCUT2D eigenvalue weighted by molar-refractivity contribution is 0.0955. The van der Waals surface area contributed by atoms with Crippen LogP contribution >= 0.6 is 0 Å². The van der Waals surface area contributed by atoms with Crippen LogP contribution in [0.15, 0.2) is 108 Å². The van der Waals surface area contributed by atoms with Gasteiger partial charge in [0.25, 0.3) is 5.91 Å². The van der Waals surface area contributed by atoms with Crippen molar-refractivity contribution in [2.45, 2.75) is 13.8 Å². The first-order chi connectivity index (χ1) is 19.6. The van der Waals surface area contributed by atoms with Crippen molar-refractivity contribution in [2.75, 3.05) is 18.0 Å². The zero-order valence-electron chi connectivity index (χ0n) is 22.5. The molecule has 5 rings (SSSR count). The van der Waals surface area contributed by atoms with E-state index in [1.165, 1.54) is 6.21 Å². The summed E-state index contributed by atoms with van der Waals surface area (Å²) in [6, 6.07) is 32.8. The first-order valence-electron chi connectivity index (χ1n) is 13.3. The molecular weight excluding hydrogens is 498 g/mol. The predicted molar refractivity (Wildman–Crippen MR) is 162 cm³/mol. The number of H-pyrrole nitrogens is 1. The summed E-state index contributed by atoms with van der Waals surface area (Å²) in [6.07, 6.45) is 1.44. The fourth-order valence-electron chi connectivity index (χ4n) is 4.56. The number of aromatic nitrogens is 2. The average Bonchev–Trinajstić information content (AvgIpc) is 3.45.